The molecule has 7 heteroatoms. The number of Topliss-reactive ketones (excluding diaryl/α,β-unsaturated/α-hetero) is 1. The summed E-state index contributed by atoms with van der Waals surface area (Å²) in [5.41, 5.74) is 0. The van der Waals surface area contributed by atoms with E-state index in [2.05, 4.69) is 5.10 Å². The maximum Gasteiger partial charge on any atom is 0.408 e. The number of halogens is 1. The third-order valence-electron chi connectivity index (χ3n) is 2.04. The Morgan fingerprint density at radius 2 is 2.31 bits per heavy atom. The van der Waals surface area contributed by atoms with E-state index in [-0.39, 0.29) is 16.6 Å². The Bertz CT molecular complexity index is 403. The first-order valence-electron chi connectivity index (χ1n) is 4.87. The van der Waals surface area contributed by atoms with Crippen molar-refractivity contribution in [1.29, 1.82) is 0 Å². The molecule has 6 nitrogen and oxygen atoms in total. The fraction of sp³-hybridized carbons (Fsp3) is 0.556. The van der Waals surface area contributed by atoms with E-state index >= 15 is 0 Å². The second-order valence-corrected chi connectivity index (χ2v) is 3.89. The van der Waals surface area contributed by atoms with Crippen LogP contribution in [0.2, 0.25) is 5.02 Å². The molecule has 0 radical (unpaired) electrons. The molecule has 0 saturated carbocycles. The average molecular weight is 246 g/mol. The highest BCUT2D eigenvalue weighted by Crippen LogP contribution is 2.21. The van der Waals surface area contributed by atoms with Crippen LogP contribution >= 0.6 is 11.6 Å². The van der Waals surface area contributed by atoms with Gasteiger partial charge < -0.3 is 14.9 Å². The van der Waals surface area contributed by atoms with Gasteiger partial charge in [0, 0.05) is 6.42 Å². The van der Waals surface area contributed by atoms with Crippen LogP contribution in [0.4, 0.5) is 5.82 Å². The summed E-state index contributed by atoms with van der Waals surface area (Å²) in [6.45, 7) is 2.07. The highest BCUT2D eigenvalue weighted by Gasteiger charge is 2.18. The van der Waals surface area contributed by atoms with Gasteiger partial charge in [-0.2, -0.15) is 4.68 Å². The minimum atomic E-state index is -0.617. The second kappa shape index (κ2) is 5.60. The van der Waals surface area contributed by atoms with Crippen molar-refractivity contribution in [3.05, 3.63) is 21.3 Å². The van der Waals surface area contributed by atoms with Gasteiger partial charge in [-0.25, -0.2) is 0 Å². The molecule has 0 atom stereocenters. The van der Waals surface area contributed by atoms with Crippen LogP contribution in [-0.2, 0) is 11.3 Å². The number of rotatable bonds is 6. The largest absolute Gasteiger partial charge is 0.408 e. The van der Waals surface area contributed by atoms with Crippen LogP contribution in [0.15, 0.2) is 6.20 Å². The number of carbonyl (C=O) groups is 1. The number of aryl methyl sites for hydroxylation is 1. The third-order valence-corrected chi connectivity index (χ3v) is 2.30. The predicted octanol–water partition coefficient (Wildman–Crippen LogP) is 2.20. The number of nitrogens with zero attached hydrogens (tertiary/aromatic N) is 3. The standard InChI is InChI=1S/C9H12ClN3O3/c1-7(14)4-2-3-5-12-6-8(10)9(11-12)13(15)16/h6H,2-5H2,1H3. The van der Waals surface area contributed by atoms with Crippen molar-refractivity contribution in [1.82, 2.24) is 9.78 Å². The van der Waals surface area contributed by atoms with Gasteiger partial charge in [0.1, 0.15) is 5.78 Å². The molecule has 0 fully saturated rings. The van der Waals surface area contributed by atoms with Gasteiger partial charge in [0.15, 0.2) is 5.02 Å². The minimum absolute atomic E-state index is 0.0385. The van der Waals surface area contributed by atoms with E-state index in [0.29, 0.717) is 13.0 Å². The van der Waals surface area contributed by atoms with Crippen LogP contribution in [0.5, 0.6) is 0 Å². The van der Waals surface area contributed by atoms with E-state index in [1.54, 1.807) is 0 Å². The van der Waals surface area contributed by atoms with Crippen LogP contribution in [0.25, 0.3) is 0 Å². The lowest BCUT2D eigenvalue weighted by atomic mass is 10.2. The van der Waals surface area contributed by atoms with E-state index in [4.69, 9.17) is 11.6 Å². The number of hydrogen-bond acceptors (Lipinski definition) is 4. The lowest BCUT2D eigenvalue weighted by Gasteiger charge is -1.95. The molecule has 0 spiro atoms. The minimum Gasteiger partial charge on any atom is -0.358 e. The molecule has 1 rings (SSSR count). The van der Waals surface area contributed by atoms with E-state index in [0.717, 1.165) is 12.8 Å². The highest BCUT2D eigenvalue weighted by molar-refractivity contribution is 6.32. The Morgan fingerprint density at radius 3 is 2.81 bits per heavy atom. The predicted molar refractivity (Wildman–Crippen MR) is 58.4 cm³/mol. The molecule has 1 aromatic rings. The van der Waals surface area contributed by atoms with Crippen LogP contribution < -0.4 is 0 Å². The second-order valence-electron chi connectivity index (χ2n) is 3.48. The number of unbranched alkanes of at least 4 members (excludes halogenated alkanes) is 1. The summed E-state index contributed by atoms with van der Waals surface area (Å²) in [5, 5.41) is 14.2. The van der Waals surface area contributed by atoms with Crippen molar-refractivity contribution in [2.45, 2.75) is 32.7 Å². The first-order valence-corrected chi connectivity index (χ1v) is 5.25. The summed E-state index contributed by atoms with van der Waals surface area (Å²) in [4.78, 5) is 20.5. The van der Waals surface area contributed by atoms with Gasteiger partial charge in [0.05, 0.1) is 17.8 Å². The zero-order valence-corrected chi connectivity index (χ0v) is 9.61. The Balaban J connectivity index is 2.46. The summed E-state index contributed by atoms with van der Waals surface area (Å²) in [6, 6.07) is 0. The first-order chi connectivity index (χ1) is 7.50. The van der Waals surface area contributed by atoms with Crippen molar-refractivity contribution in [3.8, 4) is 0 Å². The fourth-order valence-corrected chi connectivity index (χ4v) is 1.49. The van der Waals surface area contributed by atoms with Crippen molar-refractivity contribution < 1.29 is 9.72 Å². The summed E-state index contributed by atoms with van der Waals surface area (Å²) in [7, 11) is 0. The van der Waals surface area contributed by atoms with Crippen LogP contribution in [-0.4, -0.2) is 20.5 Å². The van der Waals surface area contributed by atoms with Gasteiger partial charge in [0.2, 0.25) is 0 Å². The Morgan fingerprint density at radius 1 is 1.62 bits per heavy atom. The Labute approximate surface area is 97.3 Å². The molecule has 0 unspecified atom stereocenters. The molecule has 1 aromatic heterocycles. The summed E-state index contributed by atoms with van der Waals surface area (Å²) in [5.74, 6) is -0.183. The van der Waals surface area contributed by atoms with Crippen LogP contribution in [0.1, 0.15) is 26.2 Å². The number of ketones is 1. The van der Waals surface area contributed by atoms with Gasteiger partial charge in [-0.3, -0.25) is 0 Å². The summed E-state index contributed by atoms with van der Waals surface area (Å²) in [6.07, 6.45) is 3.44. The molecule has 0 saturated heterocycles. The number of hydrogen-bond donors (Lipinski definition) is 0. The Kier molecular flexibility index (Phi) is 4.42. The molecular formula is C9H12ClN3O3. The average Bonchev–Trinajstić information content (AvgIpc) is 2.54. The maximum atomic E-state index is 10.7. The molecular weight excluding hydrogens is 234 g/mol. The molecule has 0 aliphatic heterocycles. The van der Waals surface area contributed by atoms with Crippen LogP contribution in [0, 0.1) is 10.1 Å². The highest BCUT2D eigenvalue weighted by atomic mass is 35.5. The van der Waals surface area contributed by atoms with E-state index in [9.17, 15) is 14.9 Å². The molecule has 0 N–H and O–H groups in total. The maximum absolute atomic E-state index is 10.7. The SMILES string of the molecule is CC(=O)CCCCn1cc(Cl)c([N+](=O)[O-])n1. The Hall–Kier alpha value is -1.43. The van der Waals surface area contributed by atoms with Gasteiger partial charge in [-0.1, -0.05) is 11.6 Å². The molecule has 16 heavy (non-hydrogen) atoms. The molecule has 1 heterocycles. The van der Waals surface area contributed by atoms with Gasteiger partial charge in [-0.15, -0.1) is 0 Å². The fourth-order valence-electron chi connectivity index (χ4n) is 1.27. The lowest BCUT2D eigenvalue weighted by molar-refractivity contribution is -0.389. The van der Waals surface area contributed by atoms with E-state index < -0.39 is 4.92 Å². The van der Waals surface area contributed by atoms with Gasteiger partial charge >= 0.3 is 5.82 Å². The monoisotopic (exact) mass is 245 g/mol. The van der Waals surface area contributed by atoms with Crippen molar-refractivity contribution in [3.63, 3.8) is 0 Å². The molecule has 0 amide bonds. The van der Waals surface area contributed by atoms with Crippen molar-refractivity contribution in [2.24, 2.45) is 0 Å². The number of carbonyl (C=O) groups excluding carboxylic acids is 1. The lowest BCUT2D eigenvalue weighted by Crippen LogP contribution is -2.00. The van der Waals surface area contributed by atoms with Crippen LogP contribution in [0.3, 0.4) is 0 Å². The number of nitro groups is 1. The molecule has 88 valence electrons. The zero-order chi connectivity index (χ0) is 12.1. The van der Waals surface area contributed by atoms with Crippen molar-refractivity contribution in [2.75, 3.05) is 0 Å². The molecule has 0 aromatic carbocycles. The topological polar surface area (TPSA) is 78.0 Å². The van der Waals surface area contributed by atoms with Gasteiger partial charge in [-0.05, 0) is 24.7 Å². The molecule has 0 aliphatic carbocycles. The van der Waals surface area contributed by atoms with Crippen molar-refractivity contribution >= 4 is 23.2 Å². The third kappa shape index (κ3) is 3.62. The molecule has 0 bridgehead atoms. The molecule has 0 aliphatic rings. The van der Waals surface area contributed by atoms with Gasteiger partial charge in [0.25, 0.3) is 0 Å². The summed E-state index contributed by atoms with van der Waals surface area (Å²) >= 11 is 5.62. The number of aromatic nitrogens is 2. The summed E-state index contributed by atoms with van der Waals surface area (Å²) < 4.78 is 1.43. The van der Waals surface area contributed by atoms with E-state index in [1.807, 2.05) is 0 Å². The quantitative estimate of drug-likeness (QED) is 0.437. The zero-order valence-electron chi connectivity index (χ0n) is 8.85. The van der Waals surface area contributed by atoms with E-state index in [1.165, 1.54) is 17.8 Å². The normalized spacial score (nSPS) is 10.4. The first kappa shape index (κ1) is 12.6. The smallest absolute Gasteiger partial charge is 0.358 e.